The van der Waals surface area contributed by atoms with E-state index in [2.05, 4.69) is 16.8 Å². The van der Waals surface area contributed by atoms with Gasteiger partial charge in [0.2, 0.25) is 0 Å². The number of thioether (sulfide) groups is 1. The van der Waals surface area contributed by atoms with Gasteiger partial charge in [0.1, 0.15) is 23.1 Å². The fourth-order valence-corrected chi connectivity index (χ4v) is 5.80. The zero-order valence-electron chi connectivity index (χ0n) is 22.4. The lowest BCUT2D eigenvalue weighted by molar-refractivity contribution is -0.113. The van der Waals surface area contributed by atoms with E-state index in [-0.39, 0.29) is 11.7 Å². The summed E-state index contributed by atoms with van der Waals surface area (Å²) in [6, 6.07) is 20.7. The molecule has 2 fully saturated rings. The molecule has 2 aliphatic heterocycles. The minimum atomic E-state index is -0.313. The van der Waals surface area contributed by atoms with Crippen LogP contribution in [0.15, 0.2) is 77.7 Å². The number of ether oxygens (including phenoxy) is 2. The van der Waals surface area contributed by atoms with Crippen molar-refractivity contribution in [2.24, 2.45) is 0 Å². The van der Waals surface area contributed by atoms with Crippen LogP contribution in [0.3, 0.4) is 0 Å². The van der Waals surface area contributed by atoms with E-state index < -0.39 is 0 Å². The molecule has 2 saturated heterocycles. The van der Waals surface area contributed by atoms with E-state index in [9.17, 15) is 9.18 Å². The number of hydrogen-bond donors (Lipinski definition) is 0. The first-order chi connectivity index (χ1) is 19.4. The van der Waals surface area contributed by atoms with E-state index in [1.54, 1.807) is 29.2 Å². The minimum absolute atomic E-state index is 0.154. The molecule has 0 spiro atoms. The summed E-state index contributed by atoms with van der Waals surface area (Å²) in [7, 11) is 2.17. The highest BCUT2D eigenvalue weighted by Crippen LogP contribution is 2.36. The molecule has 2 aliphatic rings. The molecule has 40 heavy (non-hydrogen) atoms. The van der Waals surface area contributed by atoms with Crippen molar-refractivity contribution in [3.63, 3.8) is 0 Å². The Balaban J connectivity index is 1.11. The SMILES string of the molecule is CN1CCN(CCCCOc2ccc(N3C(=O)C(=Cc4ccc(Oc5ccc(F)cc5)cc4)SC3=S)cc2)CC1. The summed E-state index contributed by atoms with van der Waals surface area (Å²) in [5.41, 5.74) is 1.57. The predicted molar refractivity (Wildman–Crippen MR) is 164 cm³/mol. The fourth-order valence-electron chi connectivity index (χ4n) is 4.50. The van der Waals surface area contributed by atoms with Gasteiger partial charge in [-0.25, -0.2) is 4.39 Å². The molecule has 2 heterocycles. The van der Waals surface area contributed by atoms with Crippen LogP contribution in [0.4, 0.5) is 10.1 Å². The number of piperazine rings is 1. The number of thiocarbonyl (C=S) groups is 1. The number of carbonyl (C=O) groups excluding carboxylic acids is 1. The Morgan fingerprint density at radius 1 is 0.875 bits per heavy atom. The van der Waals surface area contributed by atoms with Crippen molar-refractivity contribution in [3.8, 4) is 17.2 Å². The average molecular weight is 578 g/mol. The van der Waals surface area contributed by atoms with Gasteiger partial charge in [0, 0.05) is 26.2 Å². The zero-order chi connectivity index (χ0) is 27.9. The maximum atomic E-state index is 13.2. The number of carbonyl (C=O) groups is 1. The van der Waals surface area contributed by atoms with Crippen molar-refractivity contribution in [1.29, 1.82) is 0 Å². The minimum Gasteiger partial charge on any atom is -0.494 e. The Kier molecular flexibility index (Phi) is 9.49. The average Bonchev–Trinajstić information content (AvgIpc) is 3.24. The maximum absolute atomic E-state index is 13.2. The van der Waals surface area contributed by atoms with Crippen LogP contribution in [0.1, 0.15) is 18.4 Å². The summed E-state index contributed by atoms with van der Waals surface area (Å²) >= 11 is 6.81. The topological polar surface area (TPSA) is 45.2 Å². The highest BCUT2D eigenvalue weighted by molar-refractivity contribution is 8.27. The molecule has 6 nitrogen and oxygen atoms in total. The second-order valence-electron chi connectivity index (χ2n) is 9.84. The number of hydrogen-bond acceptors (Lipinski definition) is 7. The number of unbranched alkanes of at least 4 members (excludes halogenated alkanes) is 1. The van der Waals surface area contributed by atoms with E-state index in [4.69, 9.17) is 21.7 Å². The lowest BCUT2D eigenvalue weighted by atomic mass is 10.2. The zero-order valence-corrected chi connectivity index (χ0v) is 24.1. The molecule has 3 aromatic carbocycles. The largest absolute Gasteiger partial charge is 0.494 e. The smallest absolute Gasteiger partial charge is 0.270 e. The third kappa shape index (κ3) is 7.48. The molecule has 0 unspecified atom stereocenters. The molecule has 0 atom stereocenters. The van der Waals surface area contributed by atoms with Crippen LogP contribution in [-0.4, -0.2) is 66.4 Å². The number of benzene rings is 3. The van der Waals surface area contributed by atoms with Crippen LogP contribution in [0.25, 0.3) is 6.08 Å². The van der Waals surface area contributed by atoms with E-state index in [0.717, 1.165) is 62.6 Å². The maximum Gasteiger partial charge on any atom is 0.270 e. The molecule has 208 valence electrons. The molecule has 0 radical (unpaired) electrons. The van der Waals surface area contributed by atoms with Crippen LogP contribution in [-0.2, 0) is 4.79 Å². The van der Waals surface area contributed by atoms with Gasteiger partial charge in [-0.1, -0.05) is 36.1 Å². The Morgan fingerprint density at radius 2 is 1.50 bits per heavy atom. The summed E-state index contributed by atoms with van der Waals surface area (Å²) in [6.07, 6.45) is 3.95. The van der Waals surface area contributed by atoms with Gasteiger partial charge < -0.3 is 19.3 Å². The lowest BCUT2D eigenvalue weighted by Gasteiger charge is -2.32. The fraction of sp³-hybridized carbons (Fsp3) is 0.290. The highest BCUT2D eigenvalue weighted by atomic mass is 32.2. The summed E-state index contributed by atoms with van der Waals surface area (Å²) < 4.78 is 25.3. The molecule has 0 aromatic heterocycles. The first-order valence-electron chi connectivity index (χ1n) is 13.4. The monoisotopic (exact) mass is 577 g/mol. The van der Waals surface area contributed by atoms with Crippen molar-refractivity contribution in [1.82, 2.24) is 9.80 Å². The van der Waals surface area contributed by atoms with E-state index in [1.807, 2.05) is 42.5 Å². The Bertz CT molecular complexity index is 1340. The quantitative estimate of drug-likeness (QED) is 0.156. The molecule has 5 rings (SSSR count). The molecule has 0 bridgehead atoms. The second-order valence-corrected chi connectivity index (χ2v) is 11.5. The van der Waals surface area contributed by atoms with Gasteiger partial charge in [0.25, 0.3) is 5.91 Å². The molecular formula is C31H32FN3O3S2. The number of amides is 1. The summed E-state index contributed by atoms with van der Waals surface area (Å²) in [5.74, 6) is 1.49. The number of anilines is 1. The van der Waals surface area contributed by atoms with E-state index >= 15 is 0 Å². The van der Waals surface area contributed by atoms with Crippen LogP contribution in [0.2, 0.25) is 0 Å². The molecule has 9 heteroatoms. The second kappa shape index (κ2) is 13.4. The summed E-state index contributed by atoms with van der Waals surface area (Å²) in [5, 5.41) is 0. The first kappa shape index (κ1) is 28.3. The van der Waals surface area contributed by atoms with Gasteiger partial charge in [-0.15, -0.1) is 0 Å². The standard InChI is InChI=1S/C31H32FN3O3S2/c1-33-17-19-34(20-18-33)16-2-3-21-37-26-14-8-25(9-15-26)35-30(36)29(40-31(35)39)22-23-4-10-27(11-5-23)38-28-12-6-24(32)7-13-28/h4-15,22H,2-3,16-21H2,1H3. The third-order valence-electron chi connectivity index (χ3n) is 6.85. The molecular weight excluding hydrogens is 545 g/mol. The summed E-state index contributed by atoms with van der Waals surface area (Å²) in [4.78, 5) is 20.2. The number of nitrogens with zero attached hydrogens (tertiary/aromatic N) is 3. The Hall–Kier alpha value is -3.24. The van der Waals surface area contributed by atoms with Gasteiger partial charge in [-0.2, -0.15) is 0 Å². The third-order valence-corrected chi connectivity index (χ3v) is 8.15. The van der Waals surface area contributed by atoms with Crippen molar-refractivity contribution >= 4 is 46.0 Å². The van der Waals surface area contributed by atoms with Gasteiger partial charge in [-0.05, 0) is 98.7 Å². The van der Waals surface area contributed by atoms with Crippen LogP contribution in [0.5, 0.6) is 17.2 Å². The first-order valence-corrected chi connectivity index (χ1v) is 14.6. The van der Waals surface area contributed by atoms with Crippen LogP contribution in [0, 0.1) is 5.82 Å². The Morgan fingerprint density at radius 3 is 2.17 bits per heavy atom. The van der Waals surface area contributed by atoms with Crippen molar-refractivity contribution < 1.29 is 18.7 Å². The molecule has 0 aliphatic carbocycles. The highest BCUT2D eigenvalue weighted by Gasteiger charge is 2.33. The van der Waals surface area contributed by atoms with Crippen molar-refractivity contribution in [2.45, 2.75) is 12.8 Å². The van der Waals surface area contributed by atoms with Crippen molar-refractivity contribution in [2.75, 3.05) is 51.3 Å². The normalized spacial score (nSPS) is 17.6. The van der Waals surface area contributed by atoms with Crippen molar-refractivity contribution in [3.05, 3.63) is 89.1 Å². The molecule has 1 amide bonds. The number of halogens is 1. The summed E-state index contributed by atoms with van der Waals surface area (Å²) in [6.45, 7) is 6.36. The van der Waals surface area contributed by atoms with E-state index in [1.165, 1.54) is 23.9 Å². The van der Waals surface area contributed by atoms with Gasteiger partial charge in [-0.3, -0.25) is 9.69 Å². The Labute approximate surface area is 244 Å². The van der Waals surface area contributed by atoms with Crippen LogP contribution < -0.4 is 14.4 Å². The number of rotatable bonds is 10. The molecule has 0 saturated carbocycles. The van der Waals surface area contributed by atoms with Gasteiger partial charge in [0.15, 0.2) is 4.32 Å². The predicted octanol–water partition coefficient (Wildman–Crippen LogP) is 6.43. The van der Waals surface area contributed by atoms with E-state index in [0.29, 0.717) is 27.3 Å². The van der Waals surface area contributed by atoms with Gasteiger partial charge >= 0.3 is 0 Å². The molecule has 0 N–H and O–H groups in total. The van der Waals surface area contributed by atoms with Crippen LogP contribution >= 0.6 is 24.0 Å². The lowest BCUT2D eigenvalue weighted by Crippen LogP contribution is -2.44. The van der Waals surface area contributed by atoms with Gasteiger partial charge in [0.05, 0.1) is 17.2 Å². The number of likely N-dealkylation sites (N-methyl/N-ethyl adjacent to an activating group) is 1. The molecule has 3 aromatic rings.